The minimum atomic E-state index is 0. The first-order valence-electron chi connectivity index (χ1n) is 3.01. The maximum Gasteiger partial charge on any atom is 0 e. The summed E-state index contributed by atoms with van der Waals surface area (Å²) in [5.74, 6) is 0. The first kappa shape index (κ1) is 15.7. The van der Waals surface area contributed by atoms with E-state index in [1.165, 1.54) is 5.56 Å². The Kier molecular flexibility index (Phi) is 12.6. The molecule has 0 heterocycles. The van der Waals surface area contributed by atoms with E-state index in [1.54, 1.807) is 0 Å². The van der Waals surface area contributed by atoms with Crippen LogP contribution >= 0.6 is 0 Å². The first-order valence-corrected chi connectivity index (χ1v) is 3.01. The quantitative estimate of drug-likeness (QED) is 0.602. The zero-order chi connectivity index (χ0) is 6.69. The van der Waals surface area contributed by atoms with Gasteiger partial charge in [-0.1, -0.05) is 42.5 Å². The summed E-state index contributed by atoms with van der Waals surface area (Å²) in [6, 6.07) is 10.2. The largest absolute Gasteiger partial charge is 0.0955 e. The van der Waals surface area contributed by atoms with Crippen LogP contribution < -0.4 is 0 Å². The second kappa shape index (κ2) is 8.81. The molecule has 0 aliphatic rings. The Labute approximate surface area is 154 Å². The Morgan fingerprint density at radius 2 is 1.55 bits per heavy atom. The molecule has 0 saturated heterocycles. The molecule has 0 aliphatic heterocycles. The van der Waals surface area contributed by atoms with Crippen molar-refractivity contribution in [2.24, 2.45) is 0 Å². The number of hydrogen-bond acceptors (Lipinski definition) is 0. The van der Waals surface area contributed by atoms with E-state index in [4.69, 9.17) is 0 Å². The van der Waals surface area contributed by atoms with Crippen LogP contribution in [-0.2, 0) is 0 Å². The minimum Gasteiger partial charge on any atom is -0.0955 e. The topological polar surface area (TPSA) is 0 Å². The van der Waals surface area contributed by atoms with Gasteiger partial charge in [-0.25, -0.2) is 0 Å². The maximum absolute atomic E-state index is 3.83. The molecule has 0 N–H and O–H groups in total. The van der Waals surface area contributed by atoms with Crippen molar-refractivity contribution in [2.45, 2.75) is 6.92 Å². The molecular weight excluding hydrogens is 186 g/mol. The molecule has 0 spiro atoms. The van der Waals surface area contributed by atoms with Gasteiger partial charge < -0.3 is 0 Å². The summed E-state index contributed by atoms with van der Waals surface area (Å²) in [7, 11) is 0. The van der Waals surface area contributed by atoms with E-state index in [1.807, 2.05) is 25.1 Å². The standard InChI is InChI=1S/C9H10.2K/c1-8(2)9-6-4-3-5-7-9;;/h3-7H,1H2,2H3;;. The second-order valence-electron chi connectivity index (χ2n) is 2.15. The van der Waals surface area contributed by atoms with Crippen LogP contribution in [0.2, 0.25) is 0 Å². The van der Waals surface area contributed by atoms with Gasteiger partial charge in [-0.05, 0) is 12.5 Å². The average molecular weight is 196 g/mol. The molecule has 11 heavy (non-hydrogen) atoms. The molecule has 1 aromatic carbocycles. The van der Waals surface area contributed by atoms with Crippen molar-refractivity contribution in [1.29, 1.82) is 0 Å². The zero-order valence-electron chi connectivity index (χ0n) is 7.59. The fourth-order valence-electron chi connectivity index (χ4n) is 0.723. The molecule has 0 fully saturated rings. The summed E-state index contributed by atoms with van der Waals surface area (Å²) in [6.45, 7) is 5.83. The maximum atomic E-state index is 3.83. The number of benzene rings is 1. The van der Waals surface area contributed by atoms with E-state index in [2.05, 4.69) is 18.7 Å². The number of allylic oxidation sites excluding steroid dienone is 1. The van der Waals surface area contributed by atoms with Gasteiger partial charge in [-0.2, -0.15) is 0 Å². The predicted octanol–water partition coefficient (Wildman–Crippen LogP) is 1.96. The Bertz CT molecular complexity index is 204. The van der Waals surface area contributed by atoms with Gasteiger partial charge in [0.2, 0.25) is 0 Å². The normalized spacial score (nSPS) is 7.36. The molecule has 0 bridgehead atoms. The SMILES string of the molecule is C=C(C)c1ccccc1.[K].[K]. The third-order valence-corrected chi connectivity index (χ3v) is 1.27. The van der Waals surface area contributed by atoms with Crippen LogP contribution in [0.4, 0.5) is 0 Å². The molecule has 1 rings (SSSR count). The zero-order valence-corrected chi connectivity index (χ0v) is 13.8. The fourth-order valence-corrected chi connectivity index (χ4v) is 0.723. The molecule has 48 valence electrons. The van der Waals surface area contributed by atoms with Crippen molar-refractivity contribution >= 4 is 108 Å². The van der Waals surface area contributed by atoms with E-state index < -0.39 is 0 Å². The minimum absolute atomic E-state index is 0. The van der Waals surface area contributed by atoms with Gasteiger partial charge in [0.25, 0.3) is 0 Å². The third kappa shape index (κ3) is 6.32. The molecule has 0 aromatic heterocycles. The van der Waals surface area contributed by atoms with Crippen LogP contribution in [-0.4, -0.2) is 103 Å². The molecule has 0 aliphatic carbocycles. The summed E-state index contributed by atoms with van der Waals surface area (Å²) in [5.41, 5.74) is 2.34. The molecular formula is C9H10K2. The number of hydrogen-bond donors (Lipinski definition) is 0. The Morgan fingerprint density at radius 1 is 1.09 bits per heavy atom. The fraction of sp³-hybridized carbons (Fsp3) is 0.111. The second-order valence-corrected chi connectivity index (χ2v) is 2.15. The van der Waals surface area contributed by atoms with Gasteiger partial charge in [0.1, 0.15) is 0 Å². The monoisotopic (exact) mass is 196 g/mol. The van der Waals surface area contributed by atoms with Gasteiger partial charge in [0.05, 0.1) is 0 Å². The summed E-state index contributed by atoms with van der Waals surface area (Å²) in [4.78, 5) is 0. The van der Waals surface area contributed by atoms with E-state index in [-0.39, 0.29) is 103 Å². The van der Waals surface area contributed by atoms with Crippen molar-refractivity contribution in [1.82, 2.24) is 0 Å². The number of rotatable bonds is 1. The Balaban J connectivity index is 0. The molecule has 0 atom stereocenters. The van der Waals surface area contributed by atoms with Crippen LogP contribution in [0, 0.1) is 0 Å². The molecule has 2 heteroatoms. The van der Waals surface area contributed by atoms with Crippen LogP contribution in [0.15, 0.2) is 36.9 Å². The Hall–Kier alpha value is 2.23. The molecule has 0 saturated carbocycles. The van der Waals surface area contributed by atoms with E-state index in [9.17, 15) is 0 Å². The van der Waals surface area contributed by atoms with E-state index in [0.29, 0.717) is 0 Å². The molecule has 0 amide bonds. The van der Waals surface area contributed by atoms with Gasteiger partial charge in [0, 0.05) is 103 Å². The first-order chi connectivity index (χ1) is 4.30. The average Bonchev–Trinajstić information content (AvgIpc) is 1.90. The van der Waals surface area contributed by atoms with Crippen LogP contribution in [0.3, 0.4) is 0 Å². The summed E-state index contributed by atoms with van der Waals surface area (Å²) in [5, 5.41) is 0. The van der Waals surface area contributed by atoms with Gasteiger partial charge in [-0.3, -0.25) is 0 Å². The van der Waals surface area contributed by atoms with Crippen molar-refractivity contribution in [3.05, 3.63) is 42.5 Å². The van der Waals surface area contributed by atoms with Crippen molar-refractivity contribution in [3.8, 4) is 0 Å². The third-order valence-electron chi connectivity index (χ3n) is 1.27. The summed E-state index contributed by atoms with van der Waals surface area (Å²) >= 11 is 0. The predicted molar refractivity (Wildman–Crippen MR) is 52.7 cm³/mol. The summed E-state index contributed by atoms with van der Waals surface area (Å²) < 4.78 is 0. The van der Waals surface area contributed by atoms with Gasteiger partial charge >= 0.3 is 0 Å². The molecule has 2 radical (unpaired) electrons. The Morgan fingerprint density at radius 3 is 1.82 bits per heavy atom. The van der Waals surface area contributed by atoms with Gasteiger partial charge in [-0.15, -0.1) is 0 Å². The summed E-state index contributed by atoms with van der Waals surface area (Å²) in [6.07, 6.45) is 0. The van der Waals surface area contributed by atoms with Crippen LogP contribution in [0.25, 0.3) is 5.57 Å². The van der Waals surface area contributed by atoms with Crippen molar-refractivity contribution < 1.29 is 0 Å². The molecule has 0 nitrogen and oxygen atoms in total. The van der Waals surface area contributed by atoms with E-state index >= 15 is 0 Å². The van der Waals surface area contributed by atoms with E-state index in [0.717, 1.165) is 5.57 Å². The molecule has 0 unspecified atom stereocenters. The van der Waals surface area contributed by atoms with Crippen LogP contribution in [0.1, 0.15) is 12.5 Å². The molecule has 1 aromatic rings. The van der Waals surface area contributed by atoms with Crippen molar-refractivity contribution in [2.75, 3.05) is 0 Å². The smallest absolute Gasteiger partial charge is 0 e. The van der Waals surface area contributed by atoms with Crippen LogP contribution in [0.5, 0.6) is 0 Å². The van der Waals surface area contributed by atoms with Crippen molar-refractivity contribution in [3.63, 3.8) is 0 Å². The van der Waals surface area contributed by atoms with Gasteiger partial charge in [0.15, 0.2) is 0 Å².